The standard InChI is InChI=1S/C17H21NO2S2/c1-21-8-3-5-18-6-7-20-17-14(12-18)10-13(11-15(17)19)16-4-2-9-22-16/h2,4,9-11,19H,3,5-8,12H2,1H3. The summed E-state index contributed by atoms with van der Waals surface area (Å²) >= 11 is 3.58. The minimum Gasteiger partial charge on any atom is -0.504 e. The van der Waals surface area contributed by atoms with E-state index in [1.807, 2.05) is 23.9 Å². The van der Waals surface area contributed by atoms with E-state index in [0.29, 0.717) is 12.4 Å². The number of hydrogen-bond acceptors (Lipinski definition) is 5. The van der Waals surface area contributed by atoms with Gasteiger partial charge in [-0.05, 0) is 54.1 Å². The van der Waals surface area contributed by atoms with Gasteiger partial charge in [-0.1, -0.05) is 6.07 Å². The van der Waals surface area contributed by atoms with Crippen molar-refractivity contribution >= 4 is 23.1 Å². The first-order chi connectivity index (χ1) is 10.8. The molecule has 1 aromatic heterocycles. The number of ether oxygens (including phenoxy) is 1. The summed E-state index contributed by atoms with van der Waals surface area (Å²) in [4.78, 5) is 3.59. The molecule has 0 radical (unpaired) electrons. The maximum absolute atomic E-state index is 10.3. The molecule has 0 saturated carbocycles. The van der Waals surface area contributed by atoms with Crippen molar-refractivity contribution in [3.05, 3.63) is 35.2 Å². The van der Waals surface area contributed by atoms with Gasteiger partial charge in [-0.3, -0.25) is 4.90 Å². The first-order valence-electron chi connectivity index (χ1n) is 7.52. The fourth-order valence-electron chi connectivity index (χ4n) is 2.76. The maximum atomic E-state index is 10.3. The Balaban J connectivity index is 1.83. The number of nitrogens with zero attached hydrogens (tertiary/aromatic N) is 1. The Kier molecular flexibility index (Phi) is 5.28. The van der Waals surface area contributed by atoms with Gasteiger partial charge in [-0.25, -0.2) is 0 Å². The predicted octanol–water partition coefficient (Wildman–Crippen LogP) is 4.07. The largest absolute Gasteiger partial charge is 0.504 e. The van der Waals surface area contributed by atoms with Crippen molar-refractivity contribution in [1.82, 2.24) is 4.90 Å². The third-order valence-corrected chi connectivity index (χ3v) is 5.44. The molecule has 1 aliphatic heterocycles. The van der Waals surface area contributed by atoms with Crippen LogP contribution in [0, 0.1) is 0 Å². The summed E-state index contributed by atoms with van der Waals surface area (Å²) in [6.07, 6.45) is 3.33. The Labute approximate surface area is 139 Å². The number of phenolic OH excluding ortho intramolecular Hbond substituents is 1. The number of thioether (sulfide) groups is 1. The van der Waals surface area contributed by atoms with Crippen molar-refractivity contribution < 1.29 is 9.84 Å². The average molecular weight is 335 g/mol. The molecule has 0 fully saturated rings. The van der Waals surface area contributed by atoms with Crippen molar-refractivity contribution in [2.24, 2.45) is 0 Å². The van der Waals surface area contributed by atoms with Gasteiger partial charge in [0, 0.05) is 23.5 Å². The molecule has 3 rings (SSSR count). The van der Waals surface area contributed by atoms with Crippen molar-refractivity contribution in [3.8, 4) is 21.9 Å². The minimum atomic E-state index is 0.256. The fourth-order valence-corrected chi connectivity index (χ4v) is 3.89. The van der Waals surface area contributed by atoms with Crippen molar-refractivity contribution in [2.45, 2.75) is 13.0 Å². The normalized spacial score (nSPS) is 15.1. The average Bonchev–Trinajstić information content (AvgIpc) is 2.96. The molecule has 2 aromatic rings. The van der Waals surface area contributed by atoms with Gasteiger partial charge in [0.2, 0.25) is 0 Å². The fraction of sp³-hybridized carbons (Fsp3) is 0.412. The number of benzene rings is 1. The van der Waals surface area contributed by atoms with E-state index in [-0.39, 0.29) is 5.75 Å². The van der Waals surface area contributed by atoms with Gasteiger partial charge >= 0.3 is 0 Å². The molecule has 118 valence electrons. The molecule has 0 amide bonds. The highest BCUT2D eigenvalue weighted by Crippen LogP contribution is 2.38. The van der Waals surface area contributed by atoms with E-state index < -0.39 is 0 Å². The SMILES string of the molecule is CSCCCN1CCOc2c(O)cc(-c3cccs3)cc2C1. The second-order valence-corrected chi connectivity index (χ2v) is 7.37. The summed E-state index contributed by atoms with van der Waals surface area (Å²) < 4.78 is 5.79. The first kappa shape index (κ1) is 15.7. The monoisotopic (exact) mass is 335 g/mol. The molecule has 1 aliphatic rings. The van der Waals surface area contributed by atoms with E-state index >= 15 is 0 Å². The van der Waals surface area contributed by atoms with Gasteiger partial charge < -0.3 is 9.84 Å². The summed E-state index contributed by atoms with van der Waals surface area (Å²) in [6, 6.07) is 8.09. The van der Waals surface area contributed by atoms with Crippen LogP contribution in [0.1, 0.15) is 12.0 Å². The van der Waals surface area contributed by atoms with Crippen LogP contribution >= 0.6 is 23.1 Å². The van der Waals surface area contributed by atoms with E-state index in [0.717, 1.165) is 30.8 Å². The molecule has 3 nitrogen and oxygen atoms in total. The van der Waals surface area contributed by atoms with Crippen LogP contribution in [-0.4, -0.2) is 41.7 Å². The summed E-state index contributed by atoms with van der Waals surface area (Å²) in [7, 11) is 0. The number of thiophene rings is 1. The zero-order valence-corrected chi connectivity index (χ0v) is 14.4. The van der Waals surface area contributed by atoms with Crippen LogP contribution in [0.25, 0.3) is 10.4 Å². The van der Waals surface area contributed by atoms with Gasteiger partial charge in [0.15, 0.2) is 11.5 Å². The van der Waals surface area contributed by atoms with E-state index in [1.54, 1.807) is 11.3 Å². The number of hydrogen-bond donors (Lipinski definition) is 1. The van der Waals surface area contributed by atoms with E-state index in [1.165, 1.54) is 17.1 Å². The third kappa shape index (κ3) is 3.59. The molecule has 22 heavy (non-hydrogen) atoms. The smallest absolute Gasteiger partial charge is 0.165 e. The zero-order valence-electron chi connectivity index (χ0n) is 12.7. The predicted molar refractivity (Wildman–Crippen MR) is 95.2 cm³/mol. The van der Waals surface area contributed by atoms with E-state index in [4.69, 9.17) is 4.74 Å². The molecule has 0 aliphatic carbocycles. The van der Waals surface area contributed by atoms with Crippen LogP contribution in [0.3, 0.4) is 0 Å². The lowest BCUT2D eigenvalue weighted by molar-refractivity contribution is 0.224. The van der Waals surface area contributed by atoms with Gasteiger partial charge in [-0.2, -0.15) is 11.8 Å². The Morgan fingerprint density at radius 1 is 1.41 bits per heavy atom. The first-order valence-corrected chi connectivity index (χ1v) is 9.79. The topological polar surface area (TPSA) is 32.7 Å². The maximum Gasteiger partial charge on any atom is 0.165 e. The lowest BCUT2D eigenvalue weighted by Crippen LogP contribution is -2.27. The van der Waals surface area contributed by atoms with Crippen LogP contribution < -0.4 is 4.74 Å². The minimum absolute atomic E-state index is 0.256. The molecule has 0 saturated heterocycles. The van der Waals surface area contributed by atoms with Crippen molar-refractivity contribution in [3.63, 3.8) is 0 Å². The summed E-state index contributed by atoms with van der Waals surface area (Å²) in [5, 5.41) is 12.4. The van der Waals surface area contributed by atoms with E-state index in [9.17, 15) is 5.11 Å². The Morgan fingerprint density at radius 3 is 3.09 bits per heavy atom. The summed E-state index contributed by atoms with van der Waals surface area (Å²) in [6.45, 7) is 3.47. The van der Waals surface area contributed by atoms with Gasteiger partial charge in [0.1, 0.15) is 6.61 Å². The van der Waals surface area contributed by atoms with Gasteiger partial charge in [0.05, 0.1) is 0 Å². The molecule has 2 heterocycles. The van der Waals surface area contributed by atoms with Crippen LogP contribution in [-0.2, 0) is 6.54 Å². The Morgan fingerprint density at radius 2 is 2.32 bits per heavy atom. The van der Waals surface area contributed by atoms with E-state index in [2.05, 4.69) is 28.7 Å². The highest BCUT2D eigenvalue weighted by molar-refractivity contribution is 7.98. The van der Waals surface area contributed by atoms with Gasteiger partial charge in [-0.15, -0.1) is 11.3 Å². The van der Waals surface area contributed by atoms with Gasteiger partial charge in [0.25, 0.3) is 0 Å². The lowest BCUT2D eigenvalue weighted by atomic mass is 10.1. The zero-order chi connectivity index (χ0) is 15.4. The number of aromatic hydroxyl groups is 1. The number of rotatable bonds is 5. The molecule has 5 heteroatoms. The number of fused-ring (bicyclic) bond motifs is 1. The third-order valence-electron chi connectivity index (χ3n) is 3.82. The van der Waals surface area contributed by atoms with Crippen LogP contribution in [0.4, 0.5) is 0 Å². The molecule has 0 bridgehead atoms. The second kappa shape index (κ2) is 7.40. The quantitative estimate of drug-likeness (QED) is 0.835. The van der Waals surface area contributed by atoms with Crippen molar-refractivity contribution in [2.75, 3.05) is 31.7 Å². The van der Waals surface area contributed by atoms with Crippen LogP contribution in [0.2, 0.25) is 0 Å². The lowest BCUT2D eigenvalue weighted by Gasteiger charge is -2.19. The molecule has 1 N–H and O–H groups in total. The molecule has 0 unspecified atom stereocenters. The second-order valence-electron chi connectivity index (χ2n) is 5.43. The molecular weight excluding hydrogens is 314 g/mol. The summed E-state index contributed by atoms with van der Waals surface area (Å²) in [5.41, 5.74) is 2.16. The molecule has 0 atom stereocenters. The van der Waals surface area contributed by atoms with Crippen molar-refractivity contribution in [1.29, 1.82) is 0 Å². The summed E-state index contributed by atoms with van der Waals surface area (Å²) in [5.74, 6) is 2.10. The van der Waals surface area contributed by atoms with Crippen LogP contribution in [0.5, 0.6) is 11.5 Å². The van der Waals surface area contributed by atoms with Crippen LogP contribution in [0.15, 0.2) is 29.6 Å². The molecule has 0 spiro atoms. The number of phenols is 1. The Hall–Kier alpha value is -1.17. The molecular formula is C17H21NO2S2. The Bertz CT molecular complexity index is 613. The highest BCUT2D eigenvalue weighted by Gasteiger charge is 2.19. The highest BCUT2D eigenvalue weighted by atomic mass is 32.2. The molecule has 1 aromatic carbocycles.